The Morgan fingerprint density at radius 3 is 2.31 bits per heavy atom. The van der Waals surface area contributed by atoms with Gasteiger partial charge in [0.15, 0.2) is 0 Å². The predicted molar refractivity (Wildman–Crippen MR) is 136 cm³/mol. The largest absolute Gasteiger partial charge is 0.507 e. The van der Waals surface area contributed by atoms with E-state index in [4.69, 9.17) is 10.5 Å². The molecule has 2 aromatic carbocycles. The number of rotatable bonds is 5. The van der Waals surface area contributed by atoms with Gasteiger partial charge in [-0.05, 0) is 66.9 Å². The summed E-state index contributed by atoms with van der Waals surface area (Å²) >= 11 is 0. The standard InChI is InChI=1S/C26H36N2O2.2ClH/c1-17(2)20-7-5-19(6-8-20)16-28-12-10-21(11-13-28)24-14-23-22(25(15-27)30-24)9-4-18(3)26(23)29;;/h4-9,17,21,24-25,29H,10-16,27H2,1-3H3;2*1H. The summed E-state index contributed by atoms with van der Waals surface area (Å²) in [5.74, 6) is 1.53. The summed E-state index contributed by atoms with van der Waals surface area (Å²) in [4.78, 5) is 2.56. The SMILES string of the molecule is Cc1ccc2c(c1O)CC(C1CCN(Cc3ccc(C(C)C)cc3)CC1)OC2CN.Cl.Cl. The summed E-state index contributed by atoms with van der Waals surface area (Å²) in [5.41, 5.74) is 11.9. The van der Waals surface area contributed by atoms with E-state index in [1.54, 1.807) is 0 Å². The van der Waals surface area contributed by atoms with Gasteiger partial charge >= 0.3 is 0 Å². The Morgan fingerprint density at radius 1 is 1.06 bits per heavy atom. The van der Waals surface area contributed by atoms with Crippen molar-refractivity contribution in [2.45, 2.75) is 64.7 Å². The normalized spacial score (nSPS) is 21.5. The first-order chi connectivity index (χ1) is 14.5. The zero-order chi connectivity index (χ0) is 21.3. The first-order valence-electron chi connectivity index (χ1n) is 11.4. The number of nitrogens with two attached hydrogens (primary N) is 1. The van der Waals surface area contributed by atoms with Crippen LogP contribution in [0.3, 0.4) is 0 Å². The molecule has 2 aromatic rings. The number of hydrogen-bond acceptors (Lipinski definition) is 4. The quantitative estimate of drug-likeness (QED) is 0.591. The van der Waals surface area contributed by atoms with Gasteiger partial charge in [0.1, 0.15) is 5.75 Å². The second kappa shape index (κ2) is 11.7. The van der Waals surface area contributed by atoms with Crippen molar-refractivity contribution < 1.29 is 9.84 Å². The summed E-state index contributed by atoms with van der Waals surface area (Å²) in [6.07, 6.45) is 3.09. The van der Waals surface area contributed by atoms with Crippen LogP contribution in [0.5, 0.6) is 5.75 Å². The van der Waals surface area contributed by atoms with Crippen LogP contribution in [0.1, 0.15) is 66.5 Å². The molecule has 4 rings (SSSR count). The number of fused-ring (bicyclic) bond motifs is 1. The predicted octanol–water partition coefficient (Wildman–Crippen LogP) is 5.52. The van der Waals surface area contributed by atoms with Gasteiger partial charge in [0, 0.05) is 25.1 Å². The highest BCUT2D eigenvalue weighted by atomic mass is 35.5. The molecule has 1 fully saturated rings. The fourth-order valence-electron chi connectivity index (χ4n) is 5.03. The average molecular weight is 482 g/mol. The van der Waals surface area contributed by atoms with Gasteiger partial charge in [0.05, 0.1) is 12.2 Å². The lowest BCUT2D eigenvalue weighted by atomic mass is 9.83. The lowest BCUT2D eigenvalue weighted by Gasteiger charge is -2.40. The number of likely N-dealkylation sites (tertiary alicyclic amines) is 1. The topological polar surface area (TPSA) is 58.7 Å². The molecule has 0 aliphatic carbocycles. The van der Waals surface area contributed by atoms with Crippen LogP contribution in [-0.4, -0.2) is 35.7 Å². The highest BCUT2D eigenvalue weighted by Gasteiger charge is 2.35. The Balaban J connectivity index is 0.00000181. The smallest absolute Gasteiger partial charge is 0.122 e. The Bertz CT molecular complexity index is 865. The minimum atomic E-state index is -0.109. The summed E-state index contributed by atoms with van der Waals surface area (Å²) in [7, 11) is 0. The molecule has 0 aromatic heterocycles. The second-order valence-corrected chi connectivity index (χ2v) is 9.41. The van der Waals surface area contributed by atoms with Gasteiger partial charge < -0.3 is 15.6 Å². The Morgan fingerprint density at radius 2 is 1.72 bits per heavy atom. The molecule has 6 heteroatoms. The molecular formula is C26H38Cl2N2O2. The molecule has 0 spiro atoms. The van der Waals surface area contributed by atoms with E-state index in [1.165, 1.54) is 11.1 Å². The van der Waals surface area contributed by atoms with E-state index in [9.17, 15) is 5.11 Å². The monoisotopic (exact) mass is 480 g/mol. The van der Waals surface area contributed by atoms with E-state index < -0.39 is 0 Å². The highest BCUT2D eigenvalue weighted by molar-refractivity contribution is 5.85. The van der Waals surface area contributed by atoms with Crippen LogP contribution in [0.2, 0.25) is 0 Å². The number of phenolic OH excluding ortho intramolecular Hbond substituents is 1. The molecule has 2 aliphatic rings. The molecule has 2 unspecified atom stereocenters. The number of aryl methyl sites for hydroxylation is 1. The third kappa shape index (κ3) is 5.78. The molecule has 0 amide bonds. The van der Waals surface area contributed by atoms with Gasteiger partial charge in [0.25, 0.3) is 0 Å². The molecule has 0 saturated carbocycles. The van der Waals surface area contributed by atoms with Crippen molar-refractivity contribution in [3.05, 3.63) is 64.2 Å². The fourth-order valence-corrected chi connectivity index (χ4v) is 5.03. The molecule has 3 N–H and O–H groups in total. The summed E-state index contributed by atoms with van der Waals surface area (Å²) in [5, 5.41) is 10.6. The molecule has 32 heavy (non-hydrogen) atoms. The number of hydrogen-bond donors (Lipinski definition) is 2. The van der Waals surface area contributed by atoms with Gasteiger partial charge in [-0.1, -0.05) is 50.2 Å². The van der Waals surface area contributed by atoms with Crippen molar-refractivity contribution in [1.29, 1.82) is 0 Å². The molecule has 0 radical (unpaired) electrons. The van der Waals surface area contributed by atoms with E-state index in [1.807, 2.05) is 13.0 Å². The van der Waals surface area contributed by atoms with Crippen molar-refractivity contribution in [3.8, 4) is 5.75 Å². The number of halogens is 2. The average Bonchev–Trinajstić information content (AvgIpc) is 2.76. The Hall–Kier alpha value is -1.30. The number of benzene rings is 2. The molecule has 1 saturated heterocycles. The van der Waals surface area contributed by atoms with Gasteiger partial charge in [-0.2, -0.15) is 0 Å². The van der Waals surface area contributed by atoms with Crippen molar-refractivity contribution in [2.75, 3.05) is 19.6 Å². The van der Waals surface area contributed by atoms with Gasteiger partial charge in [-0.3, -0.25) is 4.90 Å². The number of nitrogens with zero attached hydrogens (tertiary/aromatic N) is 1. The summed E-state index contributed by atoms with van der Waals surface area (Å²) in [6.45, 7) is 10.1. The van der Waals surface area contributed by atoms with Crippen LogP contribution in [0, 0.1) is 12.8 Å². The van der Waals surface area contributed by atoms with Crippen molar-refractivity contribution >= 4 is 24.8 Å². The number of phenols is 1. The first kappa shape index (κ1) is 26.9. The molecule has 2 atom stereocenters. The third-order valence-corrected chi connectivity index (χ3v) is 7.04. The maximum absolute atomic E-state index is 10.6. The lowest BCUT2D eigenvalue weighted by Crippen LogP contribution is -2.41. The highest BCUT2D eigenvalue weighted by Crippen LogP contribution is 2.40. The number of aromatic hydroxyl groups is 1. The van der Waals surface area contributed by atoms with Gasteiger partial charge in [0.2, 0.25) is 0 Å². The van der Waals surface area contributed by atoms with Crippen LogP contribution >= 0.6 is 24.8 Å². The third-order valence-electron chi connectivity index (χ3n) is 7.04. The number of ether oxygens (including phenoxy) is 1. The molecular weight excluding hydrogens is 443 g/mol. The Kier molecular flexibility index (Phi) is 9.86. The summed E-state index contributed by atoms with van der Waals surface area (Å²) in [6, 6.07) is 13.1. The zero-order valence-electron chi connectivity index (χ0n) is 19.4. The van der Waals surface area contributed by atoms with E-state index in [0.29, 0.717) is 24.1 Å². The van der Waals surface area contributed by atoms with Crippen LogP contribution in [0.25, 0.3) is 0 Å². The first-order valence-corrected chi connectivity index (χ1v) is 11.4. The lowest BCUT2D eigenvalue weighted by molar-refractivity contribution is -0.0651. The van der Waals surface area contributed by atoms with E-state index >= 15 is 0 Å². The van der Waals surface area contributed by atoms with Gasteiger partial charge in [-0.15, -0.1) is 24.8 Å². The van der Waals surface area contributed by atoms with E-state index in [-0.39, 0.29) is 37.0 Å². The fraction of sp³-hybridized carbons (Fsp3) is 0.538. The zero-order valence-corrected chi connectivity index (χ0v) is 21.1. The maximum atomic E-state index is 10.6. The molecule has 2 heterocycles. The molecule has 2 aliphatic heterocycles. The van der Waals surface area contributed by atoms with Crippen molar-refractivity contribution in [2.24, 2.45) is 11.7 Å². The van der Waals surface area contributed by atoms with Crippen molar-refractivity contribution in [3.63, 3.8) is 0 Å². The van der Waals surface area contributed by atoms with E-state index in [0.717, 1.165) is 55.6 Å². The number of piperidine rings is 1. The minimum Gasteiger partial charge on any atom is -0.507 e. The van der Waals surface area contributed by atoms with Crippen LogP contribution in [0.15, 0.2) is 36.4 Å². The van der Waals surface area contributed by atoms with Crippen LogP contribution in [0.4, 0.5) is 0 Å². The molecule has 0 bridgehead atoms. The van der Waals surface area contributed by atoms with Crippen LogP contribution < -0.4 is 5.73 Å². The molecule has 4 nitrogen and oxygen atoms in total. The molecule has 178 valence electrons. The van der Waals surface area contributed by atoms with Crippen LogP contribution in [-0.2, 0) is 17.7 Å². The minimum absolute atomic E-state index is 0. The maximum Gasteiger partial charge on any atom is 0.122 e. The Labute approximate surface area is 205 Å². The van der Waals surface area contributed by atoms with Gasteiger partial charge in [-0.25, -0.2) is 0 Å². The van der Waals surface area contributed by atoms with Crippen molar-refractivity contribution in [1.82, 2.24) is 4.90 Å². The second-order valence-electron chi connectivity index (χ2n) is 9.41. The summed E-state index contributed by atoms with van der Waals surface area (Å²) < 4.78 is 6.43. The van der Waals surface area contributed by atoms with E-state index in [2.05, 4.69) is 49.1 Å².